The Hall–Kier alpha value is 1.19. The Morgan fingerprint density at radius 2 is 2.17 bits per heavy atom. The molecule has 0 saturated heterocycles. The van der Waals surface area contributed by atoms with Gasteiger partial charge in [-0.1, -0.05) is 0 Å². The first-order chi connectivity index (χ1) is 2.77. The van der Waals surface area contributed by atoms with Crippen LogP contribution in [0.25, 0.3) is 0 Å². The van der Waals surface area contributed by atoms with Crippen LogP contribution in [-0.4, -0.2) is 19.1 Å². The molecule has 0 spiro atoms. The Labute approximate surface area is 52.8 Å². The summed E-state index contributed by atoms with van der Waals surface area (Å²) in [5, 5.41) is 0. The molecule has 3 heteroatoms. The fourth-order valence-electron chi connectivity index (χ4n) is 0.126. The number of hydrogen-bond donors (Lipinski definition) is 0. The third-order valence-electron chi connectivity index (χ3n) is 0.345. The Bertz CT molecular complexity index is 44.1. The first-order valence-electron chi connectivity index (χ1n) is 1.66. The number of hydrogen-bond acceptors (Lipinski definition) is 0. The second-order valence-corrected chi connectivity index (χ2v) is 13.1. The van der Waals surface area contributed by atoms with Gasteiger partial charge >= 0.3 is 53.1 Å². The van der Waals surface area contributed by atoms with Gasteiger partial charge in [0.25, 0.3) is 0 Å². The molecule has 0 aliphatic heterocycles. The molecular formula is C3H5Cl2In. The molecular weight excluding hydrogens is 222 g/mol. The Balaban J connectivity index is 2.81. The second-order valence-electron chi connectivity index (χ2n) is 0.915. The minimum absolute atomic E-state index is 0.880. The molecule has 0 nitrogen and oxygen atoms in total. The molecule has 0 aliphatic rings. The summed E-state index contributed by atoms with van der Waals surface area (Å²) >= 11 is -1.89. The maximum absolute atomic E-state index is 5.48. The predicted molar refractivity (Wildman–Crippen MR) is 32.5 cm³/mol. The van der Waals surface area contributed by atoms with E-state index >= 15 is 0 Å². The van der Waals surface area contributed by atoms with Crippen LogP contribution in [0.3, 0.4) is 0 Å². The van der Waals surface area contributed by atoms with Gasteiger partial charge in [-0.2, -0.15) is 0 Å². The zero-order valence-electron chi connectivity index (χ0n) is 3.32. The van der Waals surface area contributed by atoms with Crippen molar-refractivity contribution in [3.05, 3.63) is 12.7 Å². The number of rotatable bonds is 2. The van der Waals surface area contributed by atoms with Gasteiger partial charge in [0.15, 0.2) is 0 Å². The molecule has 0 saturated carbocycles. The first-order valence-corrected chi connectivity index (χ1v) is 12.3. The van der Waals surface area contributed by atoms with Crippen molar-refractivity contribution in [3.8, 4) is 0 Å². The summed E-state index contributed by atoms with van der Waals surface area (Å²) < 4.78 is 0.880. The van der Waals surface area contributed by atoms with Crippen molar-refractivity contribution in [1.29, 1.82) is 0 Å². The zero-order valence-corrected chi connectivity index (χ0v) is 8.13. The predicted octanol–water partition coefficient (Wildman–Crippen LogP) is 2.14. The van der Waals surface area contributed by atoms with E-state index in [9.17, 15) is 0 Å². The fourth-order valence-corrected chi connectivity index (χ4v) is 2.54. The first kappa shape index (κ1) is 7.19. The van der Waals surface area contributed by atoms with Crippen LogP contribution in [0.4, 0.5) is 0 Å². The minimum atomic E-state index is -1.89. The van der Waals surface area contributed by atoms with Gasteiger partial charge in [0.05, 0.1) is 0 Å². The van der Waals surface area contributed by atoms with Crippen LogP contribution in [0, 0.1) is 0 Å². The standard InChI is InChI=1S/C3H5.2ClH.In/c1-3-2;;;/h3H,1-2H2;2*1H;/q;;;+2/p-2. The fraction of sp³-hybridized carbons (Fsp3) is 0.333. The molecule has 0 fully saturated rings. The molecule has 0 aliphatic carbocycles. The Morgan fingerprint density at radius 1 is 1.67 bits per heavy atom. The molecule has 0 aromatic rings. The summed E-state index contributed by atoms with van der Waals surface area (Å²) in [7, 11) is 11.0. The Morgan fingerprint density at radius 3 is 2.17 bits per heavy atom. The van der Waals surface area contributed by atoms with E-state index in [1.54, 1.807) is 6.08 Å². The van der Waals surface area contributed by atoms with E-state index in [2.05, 4.69) is 6.58 Å². The number of halogens is 2. The van der Waals surface area contributed by atoms with Crippen LogP contribution in [0.1, 0.15) is 0 Å². The second kappa shape index (κ2) is 4.35. The van der Waals surface area contributed by atoms with E-state index in [0.717, 1.165) is 4.18 Å². The van der Waals surface area contributed by atoms with Crippen LogP contribution in [-0.2, 0) is 0 Å². The zero-order chi connectivity index (χ0) is 4.99. The van der Waals surface area contributed by atoms with Crippen molar-refractivity contribution in [3.63, 3.8) is 0 Å². The van der Waals surface area contributed by atoms with Crippen molar-refractivity contribution < 1.29 is 0 Å². The van der Waals surface area contributed by atoms with E-state index < -0.39 is 19.1 Å². The molecule has 0 radical (unpaired) electrons. The van der Waals surface area contributed by atoms with Crippen molar-refractivity contribution >= 4 is 36.2 Å². The van der Waals surface area contributed by atoms with Crippen LogP contribution in [0.15, 0.2) is 12.7 Å². The molecule has 6 heavy (non-hydrogen) atoms. The summed E-state index contributed by atoms with van der Waals surface area (Å²) in [5.74, 6) is 0. The van der Waals surface area contributed by atoms with Gasteiger partial charge in [-0.25, -0.2) is 0 Å². The van der Waals surface area contributed by atoms with Crippen molar-refractivity contribution in [2.75, 3.05) is 0 Å². The van der Waals surface area contributed by atoms with Gasteiger partial charge in [-0.3, -0.25) is 0 Å². The molecule has 0 heterocycles. The van der Waals surface area contributed by atoms with E-state index in [4.69, 9.17) is 17.2 Å². The summed E-state index contributed by atoms with van der Waals surface area (Å²) in [6.07, 6.45) is 1.78. The van der Waals surface area contributed by atoms with Gasteiger partial charge < -0.3 is 0 Å². The van der Waals surface area contributed by atoms with Gasteiger partial charge in [0, 0.05) is 0 Å². The summed E-state index contributed by atoms with van der Waals surface area (Å²) in [6.45, 7) is 3.48. The van der Waals surface area contributed by atoms with E-state index in [1.165, 1.54) is 0 Å². The average molecular weight is 227 g/mol. The van der Waals surface area contributed by atoms with Crippen LogP contribution in [0.2, 0.25) is 4.18 Å². The Kier molecular flexibility index (Phi) is 5.21. The monoisotopic (exact) mass is 226 g/mol. The van der Waals surface area contributed by atoms with Crippen molar-refractivity contribution in [1.82, 2.24) is 0 Å². The molecule has 0 aromatic heterocycles. The van der Waals surface area contributed by atoms with Gasteiger partial charge in [0.1, 0.15) is 0 Å². The summed E-state index contributed by atoms with van der Waals surface area (Å²) in [5.41, 5.74) is 0. The molecule has 0 bridgehead atoms. The molecule has 0 unspecified atom stereocenters. The van der Waals surface area contributed by atoms with Crippen molar-refractivity contribution in [2.24, 2.45) is 0 Å². The quantitative estimate of drug-likeness (QED) is 0.633. The van der Waals surface area contributed by atoms with Crippen LogP contribution in [0.5, 0.6) is 0 Å². The molecule has 34 valence electrons. The molecule has 0 amide bonds. The summed E-state index contributed by atoms with van der Waals surface area (Å²) in [4.78, 5) is 0. The summed E-state index contributed by atoms with van der Waals surface area (Å²) in [6, 6.07) is 0. The molecule has 0 atom stereocenters. The van der Waals surface area contributed by atoms with Gasteiger partial charge in [-0.05, 0) is 0 Å². The molecule has 0 aromatic carbocycles. The maximum atomic E-state index is 5.48. The van der Waals surface area contributed by atoms with Crippen LogP contribution >= 0.6 is 17.2 Å². The SMILES string of the molecule is C=C[CH2][In]([Cl])[Cl]. The van der Waals surface area contributed by atoms with Gasteiger partial charge in [-0.15, -0.1) is 0 Å². The van der Waals surface area contributed by atoms with Gasteiger partial charge in [0.2, 0.25) is 0 Å². The van der Waals surface area contributed by atoms with E-state index in [1.807, 2.05) is 0 Å². The third-order valence-corrected chi connectivity index (χ3v) is 4.70. The molecule has 0 N–H and O–H groups in total. The van der Waals surface area contributed by atoms with Crippen molar-refractivity contribution in [2.45, 2.75) is 4.18 Å². The van der Waals surface area contributed by atoms with E-state index in [-0.39, 0.29) is 0 Å². The molecule has 0 rings (SSSR count). The van der Waals surface area contributed by atoms with E-state index in [0.29, 0.717) is 0 Å². The van der Waals surface area contributed by atoms with Crippen LogP contribution < -0.4 is 0 Å². The third kappa shape index (κ3) is 5.19. The normalized spacial score (nSPS) is 7.67. The topological polar surface area (TPSA) is 0 Å². The average Bonchev–Trinajstić information content (AvgIpc) is 1.35. The number of allylic oxidation sites excluding steroid dienone is 1.